The Morgan fingerprint density at radius 1 is 1.53 bits per heavy atom. The monoisotopic (exact) mass is 266 g/mol. The molecule has 0 spiro atoms. The Morgan fingerprint density at radius 2 is 2.33 bits per heavy atom. The van der Waals surface area contributed by atoms with Crippen molar-refractivity contribution in [3.8, 4) is 0 Å². The van der Waals surface area contributed by atoms with Crippen molar-refractivity contribution in [2.75, 3.05) is 0 Å². The Morgan fingerprint density at radius 3 is 3.00 bits per heavy atom. The number of fused-ring (bicyclic) bond motifs is 1. The average molecular weight is 267 g/mol. The van der Waals surface area contributed by atoms with Crippen molar-refractivity contribution >= 4 is 27.0 Å². The zero-order chi connectivity index (χ0) is 10.8. The summed E-state index contributed by atoms with van der Waals surface area (Å²) in [5.74, 6) is 0. The highest BCUT2D eigenvalue weighted by Gasteiger charge is 2.06. The molecule has 3 nitrogen and oxygen atoms in total. The minimum absolute atomic E-state index is 0.0647. The number of hydrogen-bond donors (Lipinski definition) is 0. The predicted molar refractivity (Wildman–Crippen MR) is 64.3 cm³/mol. The highest BCUT2D eigenvalue weighted by Crippen LogP contribution is 2.11. The van der Waals surface area contributed by atoms with Crippen molar-refractivity contribution in [3.63, 3.8) is 0 Å². The second-order valence-electron chi connectivity index (χ2n) is 3.28. The first kappa shape index (κ1) is 10.4. The van der Waals surface area contributed by atoms with Crippen LogP contribution in [0.25, 0.3) is 11.0 Å². The van der Waals surface area contributed by atoms with Gasteiger partial charge < -0.3 is 0 Å². The maximum atomic E-state index is 12.0. The van der Waals surface area contributed by atoms with Crippen molar-refractivity contribution < 1.29 is 0 Å². The third-order valence-electron chi connectivity index (χ3n) is 2.44. The first-order valence-corrected chi connectivity index (χ1v) is 5.93. The molecule has 0 bridgehead atoms. The molecule has 0 N–H and O–H groups in total. The van der Waals surface area contributed by atoms with Gasteiger partial charge >= 0.3 is 0 Å². The topological polar surface area (TPSA) is 34.9 Å². The van der Waals surface area contributed by atoms with E-state index in [9.17, 15) is 4.79 Å². The maximum Gasteiger partial charge on any atom is 0.255 e. The van der Waals surface area contributed by atoms with E-state index in [1.165, 1.54) is 0 Å². The van der Waals surface area contributed by atoms with Gasteiger partial charge in [0.15, 0.2) is 0 Å². The molecule has 2 aromatic heterocycles. The van der Waals surface area contributed by atoms with Gasteiger partial charge in [-0.05, 0) is 24.6 Å². The van der Waals surface area contributed by atoms with E-state index in [0.717, 1.165) is 23.0 Å². The van der Waals surface area contributed by atoms with Crippen molar-refractivity contribution in [1.82, 2.24) is 9.55 Å². The van der Waals surface area contributed by atoms with Gasteiger partial charge in [0.1, 0.15) is 0 Å². The van der Waals surface area contributed by atoms with Crippen LogP contribution in [0, 0.1) is 0 Å². The summed E-state index contributed by atoms with van der Waals surface area (Å²) in [6.07, 6.45) is 2.48. The van der Waals surface area contributed by atoms with Gasteiger partial charge in [0.05, 0.1) is 16.5 Å². The molecule has 0 aromatic carbocycles. The largest absolute Gasteiger partial charge is 0.296 e. The van der Waals surface area contributed by atoms with Crippen LogP contribution in [0.5, 0.6) is 0 Å². The van der Waals surface area contributed by atoms with E-state index in [1.54, 1.807) is 10.8 Å². The number of hydrogen-bond acceptors (Lipinski definition) is 2. The Hall–Kier alpha value is -1.16. The molecule has 0 amide bonds. The first-order chi connectivity index (χ1) is 7.27. The number of aryl methyl sites for hydroxylation is 1. The van der Waals surface area contributed by atoms with Crippen molar-refractivity contribution in [2.24, 2.45) is 0 Å². The van der Waals surface area contributed by atoms with Gasteiger partial charge in [-0.25, -0.2) is 0 Å². The van der Waals surface area contributed by atoms with Gasteiger partial charge in [-0.2, -0.15) is 0 Å². The molecule has 2 aromatic rings. The fourth-order valence-electron chi connectivity index (χ4n) is 1.63. The van der Waals surface area contributed by atoms with Gasteiger partial charge in [0.2, 0.25) is 0 Å². The summed E-state index contributed by atoms with van der Waals surface area (Å²) in [6, 6.07) is 5.62. The summed E-state index contributed by atoms with van der Waals surface area (Å²) in [5.41, 5.74) is 3.11. The van der Waals surface area contributed by atoms with Crippen molar-refractivity contribution in [2.45, 2.75) is 18.8 Å². The molecule has 0 aliphatic heterocycles. The number of pyridine rings is 2. The van der Waals surface area contributed by atoms with E-state index in [1.807, 2.05) is 25.1 Å². The molecule has 2 rings (SSSR count). The highest BCUT2D eigenvalue weighted by atomic mass is 79.9. The van der Waals surface area contributed by atoms with Crippen LogP contribution in [0.4, 0.5) is 0 Å². The molecule has 0 radical (unpaired) electrons. The lowest BCUT2D eigenvalue weighted by Gasteiger charge is -2.08. The van der Waals surface area contributed by atoms with Crippen molar-refractivity contribution in [1.29, 1.82) is 0 Å². The number of halogens is 1. The molecule has 78 valence electrons. The zero-order valence-corrected chi connectivity index (χ0v) is 9.99. The molecule has 0 atom stereocenters. The van der Waals surface area contributed by atoms with Gasteiger partial charge in [0.25, 0.3) is 5.56 Å². The van der Waals surface area contributed by atoms with E-state index in [0.29, 0.717) is 5.45 Å². The molecule has 0 aliphatic carbocycles. The third kappa shape index (κ3) is 1.69. The molecule has 0 saturated carbocycles. The number of alkyl halides is 1. The quantitative estimate of drug-likeness (QED) is 0.782. The van der Waals surface area contributed by atoms with E-state index < -0.39 is 0 Å². The molecule has 15 heavy (non-hydrogen) atoms. The first-order valence-electron chi connectivity index (χ1n) is 4.81. The molecule has 0 saturated heterocycles. The van der Waals surface area contributed by atoms with E-state index >= 15 is 0 Å². The molecule has 0 aliphatic rings. The van der Waals surface area contributed by atoms with Gasteiger partial charge in [-0.15, -0.1) is 0 Å². The van der Waals surface area contributed by atoms with E-state index in [-0.39, 0.29) is 5.56 Å². The third-order valence-corrected chi connectivity index (χ3v) is 2.94. The number of nitrogens with zero attached hydrogens (tertiary/aromatic N) is 2. The number of rotatable bonds is 2. The Labute approximate surface area is 95.9 Å². The van der Waals surface area contributed by atoms with Crippen LogP contribution < -0.4 is 5.56 Å². The minimum atomic E-state index is 0.0647. The Kier molecular flexibility index (Phi) is 2.86. The van der Waals surface area contributed by atoms with E-state index in [4.69, 9.17) is 0 Å². The summed E-state index contributed by atoms with van der Waals surface area (Å²) >= 11 is 3.33. The summed E-state index contributed by atoms with van der Waals surface area (Å²) in [4.78, 5) is 16.2. The maximum absolute atomic E-state index is 12.0. The molecule has 4 heteroatoms. The lowest BCUT2D eigenvalue weighted by atomic mass is 10.2. The molecule has 2 heterocycles. The SMILES string of the molecule is CCc1cc2ncccc2n(CBr)c1=O. The summed E-state index contributed by atoms with van der Waals surface area (Å²) < 4.78 is 1.70. The van der Waals surface area contributed by atoms with Crippen LogP contribution in [-0.4, -0.2) is 9.55 Å². The van der Waals surface area contributed by atoms with Crippen LogP contribution in [0.2, 0.25) is 0 Å². The minimum Gasteiger partial charge on any atom is -0.296 e. The average Bonchev–Trinajstić information content (AvgIpc) is 2.28. The molecule has 0 unspecified atom stereocenters. The normalized spacial score (nSPS) is 10.8. The summed E-state index contributed by atoms with van der Waals surface area (Å²) in [7, 11) is 0. The van der Waals surface area contributed by atoms with Crippen LogP contribution in [-0.2, 0) is 11.9 Å². The summed E-state index contributed by atoms with van der Waals surface area (Å²) in [6.45, 7) is 1.98. The van der Waals surface area contributed by atoms with Crippen LogP contribution >= 0.6 is 15.9 Å². The lowest BCUT2D eigenvalue weighted by molar-refractivity contribution is 0.864. The van der Waals surface area contributed by atoms with Gasteiger partial charge in [-0.3, -0.25) is 14.3 Å². The molecular weight excluding hydrogens is 256 g/mol. The van der Waals surface area contributed by atoms with Crippen LogP contribution in [0.1, 0.15) is 12.5 Å². The molecular formula is C11H11BrN2O. The van der Waals surface area contributed by atoms with Gasteiger partial charge in [0, 0.05) is 11.8 Å². The van der Waals surface area contributed by atoms with Gasteiger partial charge in [-0.1, -0.05) is 22.9 Å². The van der Waals surface area contributed by atoms with E-state index in [2.05, 4.69) is 20.9 Å². The predicted octanol–water partition coefficient (Wildman–Crippen LogP) is 2.31. The van der Waals surface area contributed by atoms with Crippen LogP contribution in [0.15, 0.2) is 29.2 Å². The second kappa shape index (κ2) is 4.14. The fraction of sp³-hybridized carbons (Fsp3) is 0.273. The smallest absolute Gasteiger partial charge is 0.255 e. The summed E-state index contributed by atoms with van der Waals surface area (Å²) in [5, 5.41) is 0. The zero-order valence-electron chi connectivity index (χ0n) is 8.40. The Balaban J connectivity index is 2.90. The highest BCUT2D eigenvalue weighted by molar-refractivity contribution is 9.08. The van der Waals surface area contributed by atoms with Crippen LogP contribution in [0.3, 0.4) is 0 Å². The standard InChI is InChI=1S/C11H11BrN2O/c1-2-8-6-9-10(4-3-5-13-9)14(7-12)11(8)15/h3-6H,2,7H2,1H3. The van der Waals surface area contributed by atoms with Crippen molar-refractivity contribution in [3.05, 3.63) is 40.3 Å². The fourth-order valence-corrected chi connectivity index (χ4v) is 2.13. The molecule has 0 fully saturated rings. The number of aromatic nitrogens is 2. The second-order valence-corrected chi connectivity index (χ2v) is 3.79. The Bertz CT molecular complexity index is 548. The lowest BCUT2D eigenvalue weighted by Crippen LogP contribution is -2.22.